The van der Waals surface area contributed by atoms with Crippen LogP contribution in [0, 0.1) is 5.82 Å². The highest BCUT2D eigenvalue weighted by atomic mass is 19.1. The van der Waals surface area contributed by atoms with Gasteiger partial charge in [-0.15, -0.1) is 0 Å². The maximum atomic E-state index is 13.3. The highest BCUT2D eigenvalue weighted by molar-refractivity contribution is 5.83. The molecule has 0 spiro atoms. The number of para-hydroxylation sites is 1. The zero-order valence-corrected chi connectivity index (χ0v) is 14.0. The molecule has 1 fully saturated rings. The highest BCUT2D eigenvalue weighted by Gasteiger charge is 2.25. The fourth-order valence-electron chi connectivity index (χ4n) is 3.80. The summed E-state index contributed by atoms with van der Waals surface area (Å²) in [6.45, 7) is 1.52. The lowest BCUT2D eigenvalue weighted by Crippen LogP contribution is -2.38. The van der Waals surface area contributed by atoms with Crippen molar-refractivity contribution in [1.82, 2.24) is 9.88 Å². The summed E-state index contributed by atoms with van der Waals surface area (Å²) in [4.78, 5) is 17.7. The molecule has 128 valence electrons. The molecule has 3 aromatic rings. The predicted octanol–water partition coefficient (Wildman–Crippen LogP) is 4.26. The number of carbonyl (C=O) groups excluding carboxylic acids is 1. The molecule has 1 aliphatic heterocycles. The lowest BCUT2D eigenvalue weighted by Gasteiger charge is -2.32. The van der Waals surface area contributed by atoms with Crippen molar-refractivity contribution in [1.29, 1.82) is 0 Å². The molecule has 0 aliphatic carbocycles. The number of hydrogen-bond donors (Lipinski definition) is 1. The number of H-pyrrole nitrogens is 1. The zero-order valence-electron chi connectivity index (χ0n) is 14.0. The molecular formula is C21H21FN2O. The van der Waals surface area contributed by atoms with E-state index in [1.54, 1.807) is 12.1 Å². The van der Waals surface area contributed by atoms with Crippen molar-refractivity contribution in [2.75, 3.05) is 13.1 Å². The van der Waals surface area contributed by atoms with E-state index in [4.69, 9.17) is 0 Å². The van der Waals surface area contributed by atoms with Gasteiger partial charge < -0.3 is 9.88 Å². The summed E-state index contributed by atoms with van der Waals surface area (Å²) in [5, 5.41) is 1.28. The molecule has 2 aromatic carbocycles. The lowest BCUT2D eigenvalue weighted by atomic mass is 9.89. The van der Waals surface area contributed by atoms with Gasteiger partial charge in [0.1, 0.15) is 5.82 Å². The number of hydrogen-bond acceptors (Lipinski definition) is 1. The third-order valence-corrected chi connectivity index (χ3v) is 5.15. The Morgan fingerprint density at radius 2 is 1.92 bits per heavy atom. The summed E-state index contributed by atoms with van der Waals surface area (Å²) in [6, 6.07) is 14.7. The summed E-state index contributed by atoms with van der Waals surface area (Å²) < 4.78 is 13.3. The zero-order chi connectivity index (χ0) is 17.2. The molecule has 3 nitrogen and oxygen atoms in total. The van der Waals surface area contributed by atoms with Crippen LogP contribution in [0.2, 0.25) is 0 Å². The number of piperidine rings is 1. The second-order valence-electron chi connectivity index (χ2n) is 6.75. The Kier molecular flexibility index (Phi) is 4.26. The third kappa shape index (κ3) is 3.29. The number of rotatable bonds is 3. The molecule has 1 N–H and O–H groups in total. The Bertz CT molecular complexity index is 894. The molecule has 0 radical (unpaired) electrons. The van der Waals surface area contributed by atoms with Gasteiger partial charge in [-0.3, -0.25) is 4.79 Å². The lowest BCUT2D eigenvalue weighted by molar-refractivity contribution is -0.131. The van der Waals surface area contributed by atoms with E-state index in [0.717, 1.165) is 31.5 Å². The van der Waals surface area contributed by atoms with Gasteiger partial charge in [0.15, 0.2) is 0 Å². The number of aromatic nitrogens is 1. The van der Waals surface area contributed by atoms with Gasteiger partial charge in [-0.1, -0.05) is 30.3 Å². The van der Waals surface area contributed by atoms with Gasteiger partial charge in [0.05, 0.1) is 6.42 Å². The van der Waals surface area contributed by atoms with Gasteiger partial charge in [0.2, 0.25) is 5.91 Å². The van der Waals surface area contributed by atoms with E-state index in [0.29, 0.717) is 5.92 Å². The minimum Gasteiger partial charge on any atom is -0.361 e. The van der Waals surface area contributed by atoms with Crippen LogP contribution in [0.1, 0.15) is 29.9 Å². The molecular weight excluding hydrogens is 315 g/mol. The molecule has 1 aromatic heterocycles. The monoisotopic (exact) mass is 336 g/mol. The number of halogens is 1. The number of benzene rings is 2. The van der Waals surface area contributed by atoms with Gasteiger partial charge in [-0.2, -0.15) is 0 Å². The van der Waals surface area contributed by atoms with Crippen LogP contribution in [0.25, 0.3) is 10.9 Å². The van der Waals surface area contributed by atoms with E-state index in [9.17, 15) is 9.18 Å². The highest BCUT2D eigenvalue weighted by Crippen LogP contribution is 2.33. The summed E-state index contributed by atoms with van der Waals surface area (Å²) in [5.74, 6) is 0.278. The van der Waals surface area contributed by atoms with Gasteiger partial charge >= 0.3 is 0 Å². The Morgan fingerprint density at radius 3 is 2.72 bits per heavy atom. The average molecular weight is 336 g/mol. The van der Waals surface area contributed by atoms with Crippen molar-refractivity contribution >= 4 is 16.8 Å². The van der Waals surface area contributed by atoms with Crippen molar-refractivity contribution in [3.63, 3.8) is 0 Å². The first-order valence-corrected chi connectivity index (χ1v) is 8.79. The summed E-state index contributed by atoms with van der Waals surface area (Å²) >= 11 is 0. The number of nitrogens with zero attached hydrogens (tertiary/aromatic N) is 1. The van der Waals surface area contributed by atoms with Crippen LogP contribution >= 0.6 is 0 Å². The quantitative estimate of drug-likeness (QED) is 0.762. The van der Waals surface area contributed by atoms with E-state index in [-0.39, 0.29) is 18.1 Å². The smallest absolute Gasteiger partial charge is 0.226 e. The topological polar surface area (TPSA) is 36.1 Å². The van der Waals surface area contributed by atoms with Crippen LogP contribution in [0.5, 0.6) is 0 Å². The van der Waals surface area contributed by atoms with Crippen LogP contribution in [-0.2, 0) is 11.2 Å². The van der Waals surface area contributed by atoms with E-state index in [1.165, 1.54) is 28.6 Å². The Labute approximate surface area is 146 Å². The number of aromatic amines is 1. The van der Waals surface area contributed by atoms with Crippen LogP contribution < -0.4 is 0 Å². The van der Waals surface area contributed by atoms with Crippen molar-refractivity contribution in [2.24, 2.45) is 0 Å². The maximum Gasteiger partial charge on any atom is 0.226 e. The standard InChI is InChI=1S/C21H21FN2O/c22-17-5-3-4-15(12-17)13-21(25)24-10-8-16(9-11-24)19-14-23-20-7-2-1-6-18(19)20/h1-7,12,14,16,23H,8-11,13H2. The van der Waals surface area contributed by atoms with Crippen molar-refractivity contribution in [3.8, 4) is 0 Å². The minimum absolute atomic E-state index is 0.0861. The SMILES string of the molecule is O=C(Cc1cccc(F)c1)N1CCC(c2c[nH]c3ccccc23)CC1. The van der Waals surface area contributed by atoms with Crippen molar-refractivity contribution in [3.05, 3.63) is 71.7 Å². The third-order valence-electron chi connectivity index (χ3n) is 5.15. The number of carbonyl (C=O) groups is 1. The fraction of sp³-hybridized carbons (Fsp3) is 0.286. The maximum absolute atomic E-state index is 13.3. The Hall–Kier alpha value is -2.62. The summed E-state index contributed by atoms with van der Waals surface area (Å²) in [5.41, 5.74) is 3.26. The van der Waals surface area contributed by atoms with Gasteiger partial charge in [0, 0.05) is 30.2 Å². The van der Waals surface area contributed by atoms with Crippen LogP contribution in [-0.4, -0.2) is 28.9 Å². The molecule has 4 heteroatoms. The van der Waals surface area contributed by atoms with Crippen molar-refractivity contribution in [2.45, 2.75) is 25.2 Å². The van der Waals surface area contributed by atoms with E-state index >= 15 is 0 Å². The first kappa shape index (κ1) is 15.9. The Balaban J connectivity index is 1.40. The molecule has 1 saturated heterocycles. The fourth-order valence-corrected chi connectivity index (χ4v) is 3.80. The predicted molar refractivity (Wildman–Crippen MR) is 97.0 cm³/mol. The minimum atomic E-state index is -0.289. The molecule has 0 saturated carbocycles. The van der Waals surface area contributed by atoms with Crippen LogP contribution in [0.15, 0.2) is 54.7 Å². The van der Waals surface area contributed by atoms with Gasteiger partial charge in [-0.05, 0) is 48.1 Å². The second-order valence-corrected chi connectivity index (χ2v) is 6.75. The number of nitrogens with one attached hydrogen (secondary N) is 1. The van der Waals surface area contributed by atoms with E-state index in [1.807, 2.05) is 11.0 Å². The van der Waals surface area contributed by atoms with Gasteiger partial charge in [0.25, 0.3) is 0 Å². The molecule has 2 heterocycles. The molecule has 1 aliphatic rings. The first-order chi connectivity index (χ1) is 12.2. The van der Waals surface area contributed by atoms with Crippen LogP contribution in [0.3, 0.4) is 0 Å². The van der Waals surface area contributed by atoms with E-state index in [2.05, 4.69) is 29.4 Å². The Morgan fingerprint density at radius 1 is 1.12 bits per heavy atom. The summed E-state index contributed by atoms with van der Waals surface area (Å²) in [7, 11) is 0. The normalized spacial score (nSPS) is 15.6. The molecule has 0 unspecified atom stereocenters. The second kappa shape index (κ2) is 6.71. The number of amides is 1. The van der Waals surface area contributed by atoms with E-state index < -0.39 is 0 Å². The molecule has 0 atom stereocenters. The number of fused-ring (bicyclic) bond motifs is 1. The van der Waals surface area contributed by atoms with Crippen molar-refractivity contribution < 1.29 is 9.18 Å². The summed E-state index contributed by atoms with van der Waals surface area (Å²) in [6.07, 6.45) is 4.32. The number of likely N-dealkylation sites (tertiary alicyclic amines) is 1. The van der Waals surface area contributed by atoms with Gasteiger partial charge in [-0.25, -0.2) is 4.39 Å². The molecule has 1 amide bonds. The van der Waals surface area contributed by atoms with Crippen LogP contribution in [0.4, 0.5) is 4.39 Å². The molecule has 4 rings (SSSR count). The first-order valence-electron chi connectivity index (χ1n) is 8.79. The average Bonchev–Trinajstić information content (AvgIpc) is 3.06. The molecule has 0 bridgehead atoms. The largest absolute Gasteiger partial charge is 0.361 e. The molecule has 25 heavy (non-hydrogen) atoms.